The second-order valence-corrected chi connectivity index (χ2v) is 4.74. The summed E-state index contributed by atoms with van der Waals surface area (Å²) < 4.78 is 6.43. The lowest BCUT2D eigenvalue weighted by Crippen LogP contribution is -2.45. The summed E-state index contributed by atoms with van der Waals surface area (Å²) in [6.45, 7) is 4.53. The van der Waals surface area contributed by atoms with E-state index in [9.17, 15) is 0 Å². The van der Waals surface area contributed by atoms with E-state index in [0.717, 1.165) is 29.2 Å². The minimum Gasteiger partial charge on any atom is -0.495 e. The van der Waals surface area contributed by atoms with Gasteiger partial charge in [-0.3, -0.25) is 0 Å². The summed E-state index contributed by atoms with van der Waals surface area (Å²) in [6, 6.07) is 6.12. The summed E-state index contributed by atoms with van der Waals surface area (Å²) in [7, 11) is 1.72. The summed E-state index contributed by atoms with van der Waals surface area (Å²) in [5.74, 6) is 1.76. The van der Waals surface area contributed by atoms with Gasteiger partial charge in [0.2, 0.25) is 0 Å². The molecule has 0 saturated carbocycles. The van der Waals surface area contributed by atoms with Gasteiger partial charge in [0.15, 0.2) is 0 Å². The van der Waals surface area contributed by atoms with Gasteiger partial charge in [0.25, 0.3) is 0 Å². The SMILES string of the molecule is COc1ccc(Br)cc1N1CC(C)C1. The van der Waals surface area contributed by atoms with E-state index >= 15 is 0 Å². The highest BCUT2D eigenvalue weighted by atomic mass is 79.9. The standard InChI is InChI=1S/C11H14BrNO/c1-8-6-13(7-8)10-5-9(12)3-4-11(10)14-2/h3-5,8H,6-7H2,1-2H3. The van der Waals surface area contributed by atoms with Gasteiger partial charge in [-0.1, -0.05) is 22.9 Å². The Morgan fingerprint density at radius 3 is 2.71 bits per heavy atom. The molecule has 0 unspecified atom stereocenters. The zero-order valence-corrected chi connectivity index (χ0v) is 10.0. The van der Waals surface area contributed by atoms with Gasteiger partial charge >= 0.3 is 0 Å². The van der Waals surface area contributed by atoms with Gasteiger partial charge in [-0.05, 0) is 24.1 Å². The molecule has 3 heteroatoms. The predicted octanol–water partition coefficient (Wildman–Crippen LogP) is 2.91. The Kier molecular flexibility index (Phi) is 2.68. The molecule has 1 saturated heterocycles. The van der Waals surface area contributed by atoms with Crippen LogP contribution >= 0.6 is 15.9 Å². The van der Waals surface area contributed by atoms with Gasteiger partial charge in [0.1, 0.15) is 5.75 Å². The smallest absolute Gasteiger partial charge is 0.142 e. The third kappa shape index (κ3) is 1.73. The Morgan fingerprint density at radius 2 is 2.14 bits per heavy atom. The van der Waals surface area contributed by atoms with Crippen LogP contribution in [0.15, 0.2) is 22.7 Å². The predicted molar refractivity (Wildman–Crippen MR) is 62.1 cm³/mol. The Hall–Kier alpha value is -0.700. The zero-order valence-electron chi connectivity index (χ0n) is 8.46. The quantitative estimate of drug-likeness (QED) is 0.806. The number of rotatable bonds is 2. The Morgan fingerprint density at radius 1 is 1.43 bits per heavy atom. The first kappa shape index (κ1) is 9.84. The van der Waals surface area contributed by atoms with E-state index in [4.69, 9.17) is 4.74 Å². The molecule has 1 aliphatic heterocycles. The van der Waals surface area contributed by atoms with E-state index in [1.165, 1.54) is 5.69 Å². The molecular weight excluding hydrogens is 242 g/mol. The molecule has 0 atom stereocenters. The van der Waals surface area contributed by atoms with Gasteiger partial charge in [0.05, 0.1) is 12.8 Å². The Bertz CT molecular complexity index is 334. The lowest BCUT2D eigenvalue weighted by Gasteiger charge is -2.39. The van der Waals surface area contributed by atoms with Crippen molar-refractivity contribution in [3.05, 3.63) is 22.7 Å². The molecule has 14 heavy (non-hydrogen) atoms. The lowest BCUT2D eigenvalue weighted by molar-refractivity contribution is 0.399. The number of nitrogens with zero attached hydrogens (tertiary/aromatic N) is 1. The van der Waals surface area contributed by atoms with Crippen LogP contribution in [0.1, 0.15) is 6.92 Å². The average Bonchev–Trinajstić information content (AvgIpc) is 2.13. The lowest BCUT2D eigenvalue weighted by atomic mass is 10.0. The largest absolute Gasteiger partial charge is 0.495 e. The maximum atomic E-state index is 5.33. The maximum absolute atomic E-state index is 5.33. The van der Waals surface area contributed by atoms with Crippen molar-refractivity contribution >= 4 is 21.6 Å². The fourth-order valence-electron chi connectivity index (χ4n) is 1.81. The first-order valence-electron chi connectivity index (χ1n) is 4.79. The van der Waals surface area contributed by atoms with E-state index in [-0.39, 0.29) is 0 Å². The Labute approximate surface area is 93.0 Å². The topological polar surface area (TPSA) is 12.5 Å². The number of hydrogen-bond donors (Lipinski definition) is 0. The molecule has 2 rings (SSSR count). The molecule has 0 aromatic heterocycles. The van der Waals surface area contributed by atoms with Crippen molar-refractivity contribution in [2.45, 2.75) is 6.92 Å². The number of halogens is 1. The van der Waals surface area contributed by atoms with Crippen molar-refractivity contribution < 1.29 is 4.74 Å². The second-order valence-electron chi connectivity index (χ2n) is 3.83. The van der Waals surface area contributed by atoms with Crippen molar-refractivity contribution in [2.24, 2.45) is 5.92 Å². The van der Waals surface area contributed by atoms with E-state index < -0.39 is 0 Å². The highest BCUT2D eigenvalue weighted by molar-refractivity contribution is 9.10. The Balaban J connectivity index is 2.26. The zero-order chi connectivity index (χ0) is 10.1. The van der Waals surface area contributed by atoms with Gasteiger partial charge < -0.3 is 9.64 Å². The number of anilines is 1. The molecule has 2 nitrogen and oxygen atoms in total. The van der Waals surface area contributed by atoms with Crippen molar-refractivity contribution in [3.8, 4) is 5.75 Å². The molecule has 76 valence electrons. The van der Waals surface area contributed by atoms with Gasteiger partial charge in [0, 0.05) is 17.6 Å². The average molecular weight is 256 g/mol. The molecular formula is C11H14BrNO. The highest BCUT2D eigenvalue weighted by Crippen LogP contribution is 2.35. The molecule has 0 radical (unpaired) electrons. The van der Waals surface area contributed by atoms with E-state index in [1.807, 2.05) is 12.1 Å². The van der Waals surface area contributed by atoms with Crippen LogP contribution in [0.4, 0.5) is 5.69 Å². The molecule has 1 aromatic rings. The van der Waals surface area contributed by atoms with Crippen molar-refractivity contribution in [1.82, 2.24) is 0 Å². The van der Waals surface area contributed by atoms with Crippen LogP contribution in [0.25, 0.3) is 0 Å². The fraction of sp³-hybridized carbons (Fsp3) is 0.455. The van der Waals surface area contributed by atoms with Crippen LogP contribution in [0.3, 0.4) is 0 Å². The fourth-order valence-corrected chi connectivity index (χ4v) is 2.15. The number of methoxy groups -OCH3 is 1. The third-order valence-electron chi connectivity index (χ3n) is 2.55. The molecule has 1 aromatic carbocycles. The van der Waals surface area contributed by atoms with Crippen molar-refractivity contribution in [2.75, 3.05) is 25.1 Å². The molecule has 1 aliphatic rings. The normalized spacial score (nSPS) is 16.6. The first-order chi connectivity index (χ1) is 6.70. The van der Waals surface area contributed by atoms with Gasteiger partial charge in [-0.15, -0.1) is 0 Å². The molecule has 1 heterocycles. The van der Waals surface area contributed by atoms with Crippen LogP contribution in [0.2, 0.25) is 0 Å². The number of hydrogen-bond acceptors (Lipinski definition) is 2. The molecule has 0 amide bonds. The van der Waals surface area contributed by atoms with Crippen molar-refractivity contribution in [3.63, 3.8) is 0 Å². The van der Waals surface area contributed by atoms with Crippen molar-refractivity contribution in [1.29, 1.82) is 0 Å². The van der Waals surface area contributed by atoms with Gasteiger partial charge in [-0.25, -0.2) is 0 Å². The highest BCUT2D eigenvalue weighted by Gasteiger charge is 2.25. The maximum Gasteiger partial charge on any atom is 0.142 e. The molecule has 1 fully saturated rings. The first-order valence-corrected chi connectivity index (χ1v) is 5.58. The molecule has 0 spiro atoms. The van der Waals surface area contributed by atoms with Crippen LogP contribution in [0, 0.1) is 5.92 Å². The summed E-state index contributed by atoms with van der Waals surface area (Å²) in [6.07, 6.45) is 0. The van der Waals surface area contributed by atoms with Crippen LogP contribution in [-0.2, 0) is 0 Å². The summed E-state index contributed by atoms with van der Waals surface area (Å²) in [5.41, 5.74) is 1.19. The van der Waals surface area contributed by atoms with Gasteiger partial charge in [-0.2, -0.15) is 0 Å². The third-order valence-corrected chi connectivity index (χ3v) is 3.04. The van der Waals surface area contributed by atoms with Crippen LogP contribution < -0.4 is 9.64 Å². The number of ether oxygens (including phenoxy) is 1. The summed E-state index contributed by atoms with van der Waals surface area (Å²) >= 11 is 3.48. The number of benzene rings is 1. The molecule has 0 N–H and O–H groups in total. The van der Waals surface area contributed by atoms with E-state index in [2.05, 4.69) is 33.8 Å². The molecule has 0 aliphatic carbocycles. The minimum atomic E-state index is 0.804. The van der Waals surface area contributed by atoms with Crippen LogP contribution in [0.5, 0.6) is 5.75 Å². The summed E-state index contributed by atoms with van der Waals surface area (Å²) in [5, 5.41) is 0. The summed E-state index contributed by atoms with van der Waals surface area (Å²) in [4.78, 5) is 2.34. The van der Waals surface area contributed by atoms with Crippen LogP contribution in [-0.4, -0.2) is 20.2 Å². The minimum absolute atomic E-state index is 0.804. The van der Waals surface area contributed by atoms with E-state index in [0.29, 0.717) is 0 Å². The monoisotopic (exact) mass is 255 g/mol. The second kappa shape index (κ2) is 3.81. The molecule has 0 bridgehead atoms. The van der Waals surface area contributed by atoms with E-state index in [1.54, 1.807) is 7.11 Å².